The minimum Gasteiger partial charge on any atom is -0.412 e. The molecule has 0 fully saturated rings. The zero-order valence-corrected chi connectivity index (χ0v) is 6.78. The minimum atomic E-state index is -4.38. The van der Waals surface area contributed by atoms with E-state index in [1.807, 2.05) is 0 Å². The number of benzene rings is 1. The average molecular weight is 192 g/mol. The number of hydrogen-bond acceptors (Lipinski definition) is 3. The highest BCUT2D eigenvalue weighted by atomic mass is 32.3. The molecule has 1 rings (SSSR count). The van der Waals surface area contributed by atoms with Crippen LogP contribution in [0.3, 0.4) is 0 Å². The third-order valence-corrected chi connectivity index (χ3v) is 1.35. The smallest absolute Gasteiger partial charge is 0.412 e. The first-order chi connectivity index (χ1) is 5.08. The van der Waals surface area contributed by atoms with Gasteiger partial charge < -0.3 is 9.66 Å². The summed E-state index contributed by atoms with van der Waals surface area (Å²) >= 11 is 0. The molecule has 0 atom stereocenters. The molecular formula is C6H8O5S. The summed E-state index contributed by atoms with van der Waals surface area (Å²) in [5, 5.41) is 0. The summed E-state index contributed by atoms with van der Waals surface area (Å²) in [6.45, 7) is 0. The molecule has 0 heterocycles. The maximum Gasteiger partial charge on any atom is 0.446 e. The monoisotopic (exact) mass is 192 g/mol. The second-order valence-electron chi connectivity index (χ2n) is 1.82. The van der Waals surface area contributed by atoms with E-state index in [2.05, 4.69) is 4.18 Å². The molecule has 0 spiro atoms. The Morgan fingerprint density at radius 1 is 1.17 bits per heavy atom. The fraction of sp³-hybridized carbons (Fsp3) is 0. The summed E-state index contributed by atoms with van der Waals surface area (Å²) in [4.78, 5) is 0. The summed E-state index contributed by atoms with van der Waals surface area (Å²) in [6, 6.07) is 7.75. The first kappa shape index (κ1) is 10.9. The van der Waals surface area contributed by atoms with Crippen molar-refractivity contribution < 1.29 is 22.6 Å². The van der Waals surface area contributed by atoms with Gasteiger partial charge in [0, 0.05) is 0 Å². The van der Waals surface area contributed by atoms with Crippen molar-refractivity contribution in [2.45, 2.75) is 0 Å². The largest absolute Gasteiger partial charge is 0.446 e. The molecule has 12 heavy (non-hydrogen) atoms. The van der Waals surface area contributed by atoms with Gasteiger partial charge in [-0.1, -0.05) is 18.2 Å². The van der Waals surface area contributed by atoms with Gasteiger partial charge in [-0.3, -0.25) is 4.55 Å². The van der Waals surface area contributed by atoms with Gasteiger partial charge in [-0.05, 0) is 12.1 Å². The van der Waals surface area contributed by atoms with Crippen molar-refractivity contribution in [3.63, 3.8) is 0 Å². The molecule has 0 bridgehead atoms. The molecular weight excluding hydrogens is 184 g/mol. The van der Waals surface area contributed by atoms with Gasteiger partial charge in [-0.25, -0.2) is 0 Å². The zero-order chi connectivity index (χ0) is 8.32. The molecule has 3 N–H and O–H groups in total. The molecule has 0 unspecified atom stereocenters. The normalized spacial score (nSPS) is 10.1. The van der Waals surface area contributed by atoms with Crippen molar-refractivity contribution in [2.24, 2.45) is 0 Å². The average Bonchev–Trinajstić information content (AvgIpc) is 1.85. The Labute approximate surface area is 69.9 Å². The van der Waals surface area contributed by atoms with Crippen LogP contribution in [0, 0.1) is 0 Å². The van der Waals surface area contributed by atoms with Crippen molar-refractivity contribution in [1.82, 2.24) is 0 Å². The van der Waals surface area contributed by atoms with Gasteiger partial charge in [0.2, 0.25) is 0 Å². The van der Waals surface area contributed by atoms with Gasteiger partial charge in [-0.2, -0.15) is 8.42 Å². The molecule has 0 saturated carbocycles. The summed E-state index contributed by atoms with van der Waals surface area (Å²) in [5.41, 5.74) is 0. The lowest BCUT2D eigenvalue weighted by atomic mass is 10.3. The highest BCUT2D eigenvalue weighted by Crippen LogP contribution is 2.09. The van der Waals surface area contributed by atoms with Crippen molar-refractivity contribution in [3.8, 4) is 5.75 Å². The maximum atomic E-state index is 10.1. The van der Waals surface area contributed by atoms with Crippen LogP contribution in [0.4, 0.5) is 0 Å². The Hall–Kier alpha value is -1.11. The van der Waals surface area contributed by atoms with E-state index >= 15 is 0 Å². The lowest BCUT2D eigenvalue weighted by Gasteiger charge is -1.98. The SMILES string of the molecule is O.O=S(=O)(O)Oc1ccccc1. The summed E-state index contributed by atoms with van der Waals surface area (Å²) < 4.78 is 32.6. The highest BCUT2D eigenvalue weighted by Gasteiger charge is 2.04. The molecule has 0 amide bonds. The van der Waals surface area contributed by atoms with Crippen LogP contribution >= 0.6 is 0 Å². The van der Waals surface area contributed by atoms with Gasteiger partial charge >= 0.3 is 10.4 Å². The molecule has 1 aromatic carbocycles. The van der Waals surface area contributed by atoms with Gasteiger partial charge in [0.05, 0.1) is 0 Å². The number of rotatable bonds is 2. The van der Waals surface area contributed by atoms with Crippen molar-refractivity contribution >= 4 is 10.4 Å². The predicted octanol–water partition coefficient (Wildman–Crippen LogP) is 0.0435. The van der Waals surface area contributed by atoms with Crippen LogP contribution in [0.2, 0.25) is 0 Å². The van der Waals surface area contributed by atoms with E-state index in [9.17, 15) is 8.42 Å². The van der Waals surface area contributed by atoms with Gasteiger partial charge in [-0.15, -0.1) is 0 Å². The Balaban J connectivity index is 0.00000121. The number of hydrogen-bond donors (Lipinski definition) is 1. The standard InChI is InChI=1S/C6H6O4S.H2O/c7-11(8,9)10-6-4-2-1-3-5-6;/h1-5H,(H,7,8,9);1H2. The van der Waals surface area contributed by atoms with E-state index in [-0.39, 0.29) is 11.2 Å². The molecule has 6 heteroatoms. The van der Waals surface area contributed by atoms with Crippen molar-refractivity contribution in [2.75, 3.05) is 0 Å². The van der Waals surface area contributed by atoms with E-state index < -0.39 is 10.4 Å². The second kappa shape index (κ2) is 4.05. The quantitative estimate of drug-likeness (QED) is 0.669. The Morgan fingerprint density at radius 2 is 1.67 bits per heavy atom. The van der Waals surface area contributed by atoms with Crippen LogP contribution in [0.15, 0.2) is 30.3 Å². The molecule has 0 aromatic heterocycles. The molecule has 68 valence electrons. The Kier molecular flexibility index (Phi) is 3.68. The lowest BCUT2D eigenvalue weighted by Crippen LogP contribution is -2.06. The van der Waals surface area contributed by atoms with Gasteiger partial charge in [0.1, 0.15) is 5.75 Å². The summed E-state index contributed by atoms with van der Waals surface area (Å²) in [6.07, 6.45) is 0. The Morgan fingerprint density at radius 3 is 2.08 bits per heavy atom. The predicted molar refractivity (Wildman–Crippen MR) is 42.2 cm³/mol. The van der Waals surface area contributed by atoms with E-state index in [4.69, 9.17) is 4.55 Å². The third-order valence-electron chi connectivity index (χ3n) is 0.945. The Bertz CT molecular complexity index is 317. The maximum absolute atomic E-state index is 10.1. The fourth-order valence-electron chi connectivity index (χ4n) is 0.598. The zero-order valence-electron chi connectivity index (χ0n) is 5.97. The summed E-state index contributed by atoms with van der Waals surface area (Å²) in [5.74, 6) is 0.0926. The second-order valence-corrected chi connectivity index (χ2v) is 2.85. The van der Waals surface area contributed by atoms with Crippen molar-refractivity contribution in [1.29, 1.82) is 0 Å². The molecule has 5 nitrogen and oxygen atoms in total. The molecule has 1 aromatic rings. The topological polar surface area (TPSA) is 95.1 Å². The molecule has 0 aliphatic carbocycles. The van der Waals surface area contributed by atoms with Crippen LogP contribution in [-0.4, -0.2) is 18.4 Å². The third kappa shape index (κ3) is 3.91. The highest BCUT2D eigenvalue weighted by molar-refractivity contribution is 7.81. The van der Waals surface area contributed by atoms with E-state index in [0.717, 1.165) is 0 Å². The van der Waals surface area contributed by atoms with Crippen LogP contribution < -0.4 is 4.18 Å². The van der Waals surface area contributed by atoms with E-state index in [1.165, 1.54) is 12.1 Å². The summed E-state index contributed by atoms with van der Waals surface area (Å²) in [7, 11) is -4.38. The first-order valence-corrected chi connectivity index (χ1v) is 4.16. The molecule has 0 saturated heterocycles. The van der Waals surface area contributed by atoms with Gasteiger partial charge in [0.15, 0.2) is 0 Å². The fourth-order valence-corrected chi connectivity index (χ4v) is 0.952. The molecule has 0 aliphatic rings. The van der Waals surface area contributed by atoms with Crippen molar-refractivity contribution in [3.05, 3.63) is 30.3 Å². The first-order valence-electron chi connectivity index (χ1n) is 2.80. The lowest BCUT2D eigenvalue weighted by molar-refractivity contribution is 0.387. The van der Waals surface area contributed by atoms with E-state index in [0.29, 0.717) is 0 Å². The van der Waals surface area contributed by atoms with E-state index in [1.54, 1.807) is 18.2 Å². The van der Waals surface area contributed by atoms with Gasteiger partial charge in [0.25, 0.3) is 0 Å². The minimum absolute atomic E-state index is 0. The number of para-hydroxylation sites is 1. The molecule has 0 aliphatic heterocycles. The van der Waals surface area contributed by atoms with Crippen LogP contribution in [-0.2, 0) is 10.4 Å². The van der Waals surface area contributed by atoms with Crippen LogP contribution in [0.25, 0.3) is 0 Å². The van der Waals surface area contributed by atoms with Crippen LogP contribution in [0.5, 0.6) is 5.75 Å². The molecule has 0 radical (unpaired) electrons. The van der Waals surface area contributed by atoms with Crippen LogP contribution in [0.1, 0.15) is 0 Å².